The second-order valence-corrected chi connectivity index (χ2v) is 9.34. The number of carboxylic acid groups (broad SMARTS) is 1. The maximum atomic E-state index is 13.3. The summed E-state index contributed by atoms with van der Waals surface area (Å²) in [6.07, 6.45) is 7.06. The Hall–Kier alpha value is -5.39. The van der Waals surface area contributed by atoms with E-state index in [0.29, 0.717) is 0 Å². The number of aromatic amines is 1. The van der Waals surface area contributed by atoms with Crippen molar-refractivity contribution < 1.29 is 14.8 Å². The van der Waals surface area contributed by atoms with Crippen LogP contribution in [0.4, 0.5) is 11.5 Å². The highest BCUT2D eigenvalue weighted by atomic mass is 16.6. The smallest absolute Gasteiger partial charge is 0.335 e. The number of nitro groups is 1. The fourth-order valence-corrected chi connectivity index (χ4v) is 4.78. The Morgan fingerprint density at radius 3 is 2.50 bits per heavy atom. The van der Waals surface area contributed by atoms with Crippen LogP contribution in [0, 0.1) is 17.0 Å². The van der Waals surface area contributed by atoms with Gasteiger partial charge in [-0.15, -0.1) is 0 Å². The average Bonchev–Trinajstić information content (AvgIpc) is 3.08. The molecular formula is C28H24N6O6. The van der Waals surface area contributed by atoms with Crippen molar-refractivity contribution in [1.82, 2.24) is 19.5 Å². The summed E-state index contributed by atoms with van der Waals surface area (Å²) >= 11 is 0. The molecule has 12 heteroatoms. The molecule has 4 aromatic rings. The summed E-state index contributed by atoms with van der Waals surface area (Å²) in [5, 5.41) is 22.8. The molecule has 40 heavy (non-hydrogen) atoms. The topological polar surface area (TPSA) is 173 Å². The van der Waals surface area contributed by atoms with E-state index in [4.69, 9.17) is 5.11 Å². The number of rotatable bonds is 7. The van der Waals surface area contributed by atoms with Crippen molar-refractivity contribution in [2.45, 2.75) is 26.2 Å². The summed E-state index contributed by atoms with van der Waals surface area (Å²) in [5.74, 6) is -2.49. The highest BCUT2D eigenvalue weighted by Gasteiger charge is 2.28. The van der Waals surface area contributed by atoms with Crippen LogP contribution >= 0.6 is 0 Å². The van der Waals surface area contributed by atoms with Crippen LogP contribution in [0.3, 0.4) is 0 Å². The van der Waals surface area contributed by atoms with Gasteiger partial charge in [0.15, 0.2) is 0 Å². The van der Waals surface area contributed by atoms with Crippen LogP contribution in [0.1, 0.15) is 51.8 Å². The standard InChI is InChI=1S/C28H24N6O6/c1-3-16-5-9-20-18(11-16)7-6-17-10-15(2)4-8-19(17)24(20)21-14-33(28(38)32-26(21)37)27-30-12-22(34(39)40)25(31-27)29-13-23(35)36/h4-12,14,24H,3,13H2,1-2H3,(H,35,36)(H,29,30,31)(H,32,37,38). The molecular weight excluding hydrogens is 516 g/mol. The Balaban J connectivity index is 1.73. The van der Waals surface area contributed by atoms with E-state index < -0.39 is 40.3 Å². The zero-order valence-corrected chi connectivity index (χ0v) is 21.5. The maximum Gasteiger partial charge on any atom is 0.335 e. The molecule has 2 heterocycles. The monoisotopic (exact) mass is 540 g/mol. The van der Waals surface area contributed by atoms with E-state index in [0.717, 1.165) is 50.6 Å². The number of aliphatic carboxylic acids is 1. The molecule has 0 fully saturated rings. The number of aryl methyl sites for hydroxylation is 2. The van der Waals surface area contributed by atoms with Gasteiger partial charge in [-0.2, -0.15) is 4.98 Å². The number of carbonyl (C=O) groups is 1. The van der Waals surface area contributed by atoms with E-state index in [2.05, 4.69) is 33.3 Å². The van der Waals surface area contributed by atoms with Crippen LogP contribution in [0.25, 0.3) is 18.1 Å². The minimum atomic E-state index is -1.27. The first kappa shape index (κ1) is 26.2. The maximum absolute atomic E-state index is 13.3. The third-order valence-corrected chi connectivity index (χ3v) is 6.72. The van der Waals surface area contributed by atoms with Gasteiger partial charge in [0.25, 0.3) is 5.56 Å². The first-order valence-electron chi connectivity index (χ1n) is 12.4. The summed E-state index contributed by atoms with van der Waals surface area (Å²) in [7, 11) is 0. The minimum Gasteiger partial charge on any atom is -0.480 e. The summed E-state index contributed by atoms with van der Waals surface area (Å²) in [4.78, 5) is 58.3. The van der Waals surface area contributed by atoms with Crippen molar-refractivity contribution in [3.8, 4) is 5.95 Å². The lowest BCUT2D eigenvalue weighted by Gasteiger charge is -2.21. The number of anilines is 1. The van der Waals surface area contributed by atoms with Crippen LogP contribution in [-0.4, -0.2) is 42.1 Å². The van der Waals surface area contributed by atoms with Gasteiger partial charge in [0.2, 0.25) is 11.8 Å². The molecule has 0 saturated heterocycles. The van der Waals surface area contributed by atoms with Crippen molar-refractivity contribution in [2.75, 3.05) is 11.9 Å². The van der Waals surface area contributed by atoms with Crippen LogP contribution in [0.15, 0.2) is 58.4 Å². The predicted octanol–water partition coefficient (Wildman–Crippen LogP) is 3.26. The normalized spacial score (nSPS) is 13.7. The number of aromatic nitrogens is 4. The molecule has 1 aliphatic carbocycles. The first-order chi connectivity index (χ1) is 19.2. The molecule has 1 aliphatic rings. The number of nitrogens with zero attached hydrogens (tertiary/aromatic N) is 4. The summed E-state index contributed by atoms with van der Waals surface area (Å²) in [5.41, 5.74) is 3.95. The van der Waals surface area contributed by atoms with Gasteiger partial charge in [-0.25, -0.2) is 14.3 Å². The van der Waals surface area contributed by atoms with Gasteiger partial charge in [0, 0.05) is 17.7 Å². The third kappa shape index (κ3) is 4.89. The molecule has 0 aliphatic heterocycles. The quantitative estimate of drug-likeness (QED) is 0.207. The van der Waals surface area contributed by atoms with Crippen LogP contribution in [0.2, 0.25) is 0 Å². The summed E-state index contributed by atoms with van der Waals surface area (Å²) in [6, 6.07) is 12.0. The van der Waals surface area contributed by atoms with Crippen molar-refractivity contribution in [3.05, 3.63) is 119 Å². The van der Waals surface area contributed by atoms with Crippen molar-refractivity contribution in [3.63, 3.8) is 0 Å². The molecule has 1 atom stereocenters. The second kappa shape index (κ2) is 10.4. The molecule has 0 saturated carbocycles. The Bertz CT molecular complexity index is 1820. The number of benzene rings is 2. The van der Waals surface area contributed by atoms with Crippen molar-refractivity contribution >= 4 is 29.6 Å². The van der Waals surface area contributed by atoms with Gasteiger partial charge in [-0.3, -0.25) is 24.7 Å². The molecule has 3 N–H and O–H groups in total. The van der Waals surface area contributed by atoms with E-state index in [1.54, 1.807) is 0 Å². The average molecular weight is 541 g/mol. The first-order valence-corrected chi connectivity index (χ1v) is 12.4. The van der Waals surface area contributed by atoms with Gasteiger partial charge in [-0.05, 0) is 41.2 Å². The molecule has 5 rings (SSSR count). The fourth-order valence-electron chi connectivity index (χ4n) is 4.78. The van der Waals surface area contributed by atoms with E-state index in [-0.39, 0.29) is 17.3 Å². The zero-order chi connectivity index (χ0) is 28.6. The highest BCUT2D eigenvalue weighted by molar-refractivity contribution is 5.78. The highest BCUT2D eigenvalue weighted by Crippen LogP contribution is 2.38. The van der Waals surface area contributed by atoms with Gasteiger partial charge in [0.05, 0.1) is 4.92 Å². The van der Waals surface area contributed by atoms with E-state index >= 15 is 0 Å². The number of carboxylic acids is 1. The van der Waals surface area contributed by atoms with Gasteiger partial charge >= 0.3 is 17.3 Å². The van der Waals surface area contributed by atoms with E-state index in [1.165, 1.54) is 6.20 Å². The van der Waals surface area contributed by atoms with Crippen molar-refractivity contribution in [2.24, 2.45) is 0 Å². The van der Waals surface area contributed by atoms with Crippen molar-refractivity contribution in [1.29, 1.82) is 0 Å². The number of nitrogens with one attached hydrogen (secondary N) is 2. The number of fused-ring (bicyclic) bond motifs is 2. The van der Waals surface area contributed by atoms with E-state index in [1.807, 2.05) is 49.4 Å². The molecule has 2 aromatic heterocycles. The SMILES string of the molecule is CCc1ccc2c(c1)C=Cc1cc(C)ccc1C2c1cn(-c2ncc([N+](=O)[O-])c(NCC(=O)O)n2)c(=O)[nH]c1=O. The Morgan fingerprint density at radius 2 is 1.82 bits per heavy atom. The van der Waals surface area contributed by atoms with Gasteiger partial charge in [0.1, 0.15) is 12.7 Å². The molecule has 0 spiro atoms. The molecule has 202 valence electrons. The molecule has 1 unspecified atom stereocenters. The lowest BCUT2D eigenvalue weighted by Crippen LogP contribution is -2.33. The predicted molar refractivity (Wildman–Crippen MR) is 148 cm³/mol. The van der Waals surface area contributed by atoms with Crippen LogP contribution in [-0.2, 0) is 11.2 Å². The number of H-pyrrole nitrogens is 1. The van der Waals surface area contributed by atoms with Crippen LogP contribution in [0.5, 0.6) is 0 Å². The second-order valence-electron chi connectivity index (χ2n) is 9.34. The molecule has 0 bridgehead atoms. The molecule has 12 nitrogen and oxygen atoms in total. The van der Waals surface area contributed by atoms with Gasteiger partial charge in [-0.1, -0.05) is 61.0 Å². The lowest BCUT2D eigenvalue weighted by atomic mass is 9.82. The summed E-state index contributed by atoms with van der Waals surface area (Å²) in [6.45, 7) is 3.39. The zero-order valence-electron chi connectivity index (χ0n) is 21.5. The summed E-state index contributed by atoms with van der Waals surface area (Å²) < 4.78 is 0.985. The fraction of sp³-hybridized carbons (Fsp3) is 0.179. The minimum absolute atomic E-state index is 0.237. The molecule has 0 amide bonds. The van der Waals surface area contributed by atoms with Crippen LogP contribution < -0.4 is 16.6 Å². The number of hydrogen-bond donors (Lipinski definition) is 3. The Morgan fingerprint density at radius 1 is 1.12 bits per heavy atom. The molecule has 2 aromatic carbocycles. The van der Waals surface area contributed by atoms with E-state index in [9.17, 15) is 24.5 Å². The number of hydrogen-bond acceptors (Lipinski definition) is 8. The Labute approximate surface area is 226 Å². The lowest BCUT2D eigenvalue weighted by molar-refractivity contribution is -0.384. The molecule has 0 radical (unpaired) electrons. The van der Waals surface area contributed by atoms with Gasteiger partial charge < -0.3 is 10.4 Å². The largest absolute Gasteiger partial charge is 0.480 e. The third-order valence-electron chi connectivity index (χ3n) is 6.72. The Kier molecular flexibility index (Phi) is 6.82.